The van der Waals surface area contributed by atoms with Crippen LogP contribution in [-0.4, -0.2) is 36.9 Å². The molecular formula is C28H28ClNO2S. The molecule has 0 bridgehead atoms. The average molecular weight is 478 g/mol. The molecule has 3 aromatic carbocycles. The molecule has 0 amide bonds. The fourth-order valence-electron chi connectivity index (χ4n) is 3.97. The van der Waals surface area contributed by atoms with Gasteiger partial charge in [0.05, 0.1) is 11.5 Å². The van der Waals surface area contributed by atoms with Gasteiger partial charge in [-0.05, 0) is 67.5 Å². The molecule has 5 heteroatoms. The first-order valence-electron chi connectivity index (χ1n) is 11.4. The Hall–Kier alpha value is -2.66. The third kappa shape index (κ3) is 5.47. The Morgan fingerprint density at radius 1 is 0.970 bits per heavy atom. The van der Waals surface area contributed by atoms with Crippen molar-refractivity contribution in [2.45, 2.75) is 20.3 Å². The molecule has 1 heterocycles. The minimum atomic E-state index is 0.0132. The second-order valence-corrected chi connectivity index (χ2v) is 9.38. The van der Waals surface area contributed by atoms with Gasteiger partial charge >= 0.3 is 0 Å². The number of carbonyl (C=O) groups excluding carboxylic acids is 1. The lowest BCUT2D eigenvalue weighted by molar-refractivity contribution is 0.104. The summed E-state index contributed by atoms with van der Waals surface area (Å²) in [5, 5.41) is 1.68. The number of halogens is 1. The van der Waals surface area contributed by atoms with E-state index in [1.165, 1.54) is 11.3 Å². The highest BCUT2D eigenvalue weighted by atomic mass is 35.5. The van der Waals surface area contributed by atoms with Crippen molar-refractivity contribution in [2.75, 3.05) is 26.2 Å². The topological polar surface area (TPSA) is 29.5 Å². The molecule has 4 aromatic rings. The first kappa shape index (κ1) is 23.5. The van der Waals surface area contributed by atoms with E-state index in [0.717, 1.165) is 57.9 Å². The number of benzene rings is 3. The zero-order valence-electron chi connectivity index (χ0n) is 19.0. The van der Waals surface area contributed by atoms with Crippen LogP contribution in [0.15, 0.2) is 72.8 Å². The molecule has 0 unspecified atom stereocenters. The van der Waals surface area contributed by atoms with E-state index in [1.54, 1.807) is 0 Å². The van der Waals surface area contributed by atoms with Gasteiger partial charge < -0.3 is 9.64 Å². The van der Waals surface area contributed by atoms with Crippen molar-refractivity contribution in [1.29, 1.82) is 0 Å². The van der Waals surface area contributed by atoms with Crippen LogP contribution >= 0.6 is 22.9 Å². The van der Waals surface area contributed by atoms with Crippen molar-refractivity contribution in [3.05, 3.63) is 88.3 Å². The molecular weight excluding hydrogens is 450 g/mol. The van der Waals surface area contributed by atoms with Crippen LogP contribution in [0.2, 0.25) is 5.02 Å². The molecule has 0 saturated heterocycles. The number of thiophene rings is 1. The lowest BCUT2D eigenvalue weighted by Gasteiger charge is -2.17. The monoisotopic (exact) mass is 477 g/mol. The Morgan fingerprint density at radius 2 is 1.70 bits per heavy atom. The Labute approximate surface area is 204 Å². The summed E-state index contributed by atoms with van der Waals surface area (Å²) in [4.78, 5) is 16.6. The summed E-state index contributed by atoms with van der Waals surface area (Å²) < 4.78 is 6.94. The minimum Gasteiger partial charge on any atom is -0.494 e. The standard InChI is InChI=1S/C28H28ClNO2S/c1-3-30(4-2)17-8-18-32-23-14-11-21(12-15-23)27(31)28-26(20-9-6-5-7-10-20)24-19-22(29)13-16-25(24)33-28/h5-7,9-16,19H,3-4,8,17-18H2,1-2H3. The highest BCUT2D eigenvalue weighted by Gasteiger charge is 2.21. The minimum absolute atomic E-state index is 0.0132. The van der Waals surface area contributed by atoms with Crippen LogP contribution in [0, 0.1) is 0 Å². The smallest absolute Gasteiger partial charge is 0.203 e. The molecule has 0 radical (unpaired) electrons. The number of rotatable bonds is 10. The normalized spacial score (nSPS) is 11.3. The lowest BCUT2D eigenvalue weighted by Crippen LogP contribution is -2.25. The lowest BCUT2D eigenvalue weighted by atomic mass is 9.98. The molecule has 0 N–H and O–H groups in total. The van der Waals surface area contributed by atoms with E-state index in [-0.39, 0.29) is 5.78 Å². The molecule has 0 aliphatic rings. The number of hydrogen-bond acceptors (Lipinski definition) is 4. The molecule has 3 nitrogen and oxygen atoms in total. The summed E-state index contributed by atoms with van der Waals surface area (Å²) in [6.45, 7) is 8.16. The number of hydrogen-bond donors (Lipinski definition) is 0. The van der Waals surface area contributed by atoms with Gasteiger partial charge in [0.15, 0.2) is 0 Å². The maximum Gasteiger partial charge on any atom is 0.203 e. The van der Waals surface area contributed by atoms with Crippen LogP contribution in [-0.2, 0) is 0 Å². The number of carbonyl (C=O) groups is 1. The molecule has 33 heavy (non-hydrogen) atoms. The van der Waals surface area contributed by atoms with Gasteiger partial charge in [0, 0.05) is 32.8 Å². The molecule has 0 spiro atoms. The molecule has 0 atom stereocenters. The SMILES string of the molecule is CCN(CC)CCCOc1ccc(C(=O)c2sc3ccc(Cl)cc3c2-c2ccccc2)cc1. The maximum atomic E-state index is 13.5. The van der Waals surface area contributed by atoms with Crippen molar-refractivity contribution < 1.29 is 9.53 Å². The van der Waals surface area contributed by atoms with Crippen LogP contribution in [0.5, 0.6) is 5.75 Å². The molecule has 0 aliphatic heterocycles. The highest BCUT2D eigenvalue weighted by Crippen LogP contribution is 2.41. The van der Waals surface area contributed by atoms with E-state index < -0.39 is 0 Å². The molecule has 4 rings (SSSR count). The second-order valence-electron chi connectivity index (χ2n) is 7.90. The molecule has 0 aliphatic carbocycles. The number of nitrogens with zero attached hydrogens (tertiary/aromatic N) is 1. The van der Waals surface area contributed by atoms with E-state index in [4.69, 9.17) is 16.3 Å². The predicted molar refractivity (Wildman–Crippen MR) is 140 cm³/mol. The summed E-state index contributed by atoms with van der Waals surface area (Å²) in [5.74, 6) is 0.803. The van der Waals surface area contributed by atoms with Gasteiger partial charge in [-0.25, -0.2) is 0 Å². The van der Waals surface area contributed by atoms with Crippen LogP contribution in [0.25, 0.3) is 21.2 Å². The quantitative estimate of drug-likeness (QED) is 0.174. The van der Waals surface area contributed by atoms with Gasteiger partial charge in [-0.3, -0.25) is 4.79 Å². The van der Waals surface area contributed by atoms with Crippen LogP contribution < -0.4 is 4.74 Å². The Bertz CT molecular complexity index is 1210. The van der Waals surface area contributed by atoms with Gasteiger partial charge in [-0.2, -0.15) is 0 Å². The predicted octanol–water partition coefficient (Wildman–Crippen LogP) is 7.56. The largest absolute Gasteiger partial charge is 0.494 e. The van der Waals surface area contributed by atoms with Crippen LogP contribution in [0.3, 0.4) is 0 Å². The first-order chi connectivity index (χ1) is 16.1. The van der Waals surface area contributed by atoms with Gasteiger partial charge in [-0.15, -0.1) is 11.3 Å². The van der Waals surface area contributed by atoms with Gasteiger partial charge in [-0.1, -0.05) is 55.8 Å². The Morgan fingerprint density at radius 3 is 2.39 bits per heavy atom. The van der Waals surface area contributed by atoms with E-state index in [1.807, 2.05) is 72.8 Å². The molecule has 0 saturated carbocycles. The third-order valence-corrected chi connectivity index (χ3v) is 7.22. The van der Waals surface area contributed by atoms with Gasteiger partial charge in [0.2, 0.25) is 5.78 Å². The van der Waals surface area contributed by atoms with Crippen molar-refractivity contribution >= 4 is 38.8 Å². The zero-order valence-corrected chi connectivity index (χ0v) is 20.6. The highest BCUT2D eigenvalue weighted by molar-refractivity contribution is 7.21. The Kier molecular flexibility index (Phi) is 7.81. The maximum absolute atomic E-state index is 13.5. The zero-order chi connectivity index (χ0) is 23.2. The number of fused-ring (bicyclic) bond motifs is 1. The summed E-state index contributed by atoms with van der Waals surface area (Å²) in [6, 6.07) is 23.3. The van der Waals surface area contributed by atoms with E-state index in [2.05, 4.69) is 18.7 Å². The molecule has 1 aromatic heterocycles. The van der Waals surface area contributed by atoms with Gasteiger partial charge in [0.25, 0.3) is 0 Å². The van der Waals surface area contributed by atoms with Gasteiger partial charge in [0.1, 0.15) is 5.75 Å². The first-order valence-corrected chi connectivity index (χ1v) is 12.6. The van der Waals surface area contributed by atoms with Crippen molar-refractivity contribution in [1.82, 2.24) is 4.90 Å². The summed E-state index contributed by atoms with van der Waals surface area (Å²) in [6.07, 6.45) is 0.979. The molecule has 0 fully saturated rings. The fourth-order valence-corrected chi connectivity index (χ4v) is 5.31. The van der Waals surface area contributed by atoms with Crippen molar-refractivity contribution in [3.63, 3.8) is 0 Å². The van der Waals surface area contributed by atoms with Crippen molar-refractivity contribution in [3.8, 4) is 16.9 Å². The number of ketones is 1. The average Bonchev–Trinajstić information content (AvgIpc) is 3.23. The summed E-state index contributed by atoms with van der Waals surface area (Å²) >= 11 is 7.80. The fraction of sp³-hybridized carbons (Fsp3) is 0.250. The summed E-state index contributed by atoms with van der Waals surface area (Å²) in [5.41, 5.74) is 2.61. The summed E-state index contributed by atoms with van der Waals surface area (Å²) in [7, 11) is 0. The number of ether oxygens (including phenoxy) is 1. The molecule has 170 valence electrons. The van der Waals surface area contributed by atoms with Crippen LogP contribution in [0.4, 0.5) is 0 Å². The van der Waals surface area contributed by atoms with E-state index >= 15 is 0 Å². The van der Waals surface area contributed by atoms with E-state index in [0.29, 0.717) is 17.2 Å². The third-order valence-electron chi connectivity index (χ3n) is 5.82. The Balaban J connectivity index is 1.55. The van der Waals surface area contributed by atoms with Crippen LogP contribution in [0.1, 0.15) is 35.5 Å². The van der Waals surface area contributed by atoms with E-state index in [9.17, 15) is 4.79 Å². The van der Waals surface area contributed by atoms with Crippen molar-refractivity contribution in [2.24, 2.45) is 0 Å². The second kappa shape index (κ2) is 11.0.